The third-order valence-electron chi connectivity index (χ3n) is 5.51. The molecule has 0 saturated carbocycles. The molecule has 3 rings (SSSR count). The van der Waals surface area contributed by atoms with Crippen LogP contribution in [0.2, 0.25) is 0 Å². The van der Waals surface area contributed by atoms with Crippen molar-refractivity contribution in [2.24, 2.45) is 0 Å². The second kappa shape index (κ2) is 10.2. The van der Waals surface area contributed by atoms with E-state index in [1.54, 1.807) is 18.2 Å². The summed E-state index contributed by atoms with van der Waals surface area (Å²) in [6, 6.07) is 4.16. The van der Waals surface area contributed by atoms with Crippen LogP contribution in [0.15, 0.2) is 18.2 Å². The van der Waals surface area contributed by atoms with E-state index >= 15 is 0 Å². The molecule has 9 heteroatoms. The van der Waals surface area contributed by atoms with Gasteiger partial charge < -0.3 is 20.1 Å². The maximum absolute atomic E-state index is 12.2. The second-order valence-corrected chi connectivity index (χ2v) is 7.78. The predicted octanol–water partition coefficient (Wildman–Crippen LogP) is 3.22. The minimum absolute atomic E-state index is 0.128. The number of imide groups is 1. The number of aromatic hydroxyl groups is 2. The average molecular weight is 432 g/mol. The molecule has 1 aromatic heterocycles. The molecule has 0 bridgehead atoms. The maximum atomic E-state index is 12.2. The number of aliphatic carboxylic acids is 1. The van der Waals surface area contributed by atoms with Crippen LogP contribution in [0, 0.1) is 0 Å². The van der Waals surface area contributed by atoms with Gasteiger partial charge in [0.2, 0.25) is 23.6 Å². The second-order valence-electron chi connectivity index (χ2n) is 7.78. The van der Waals surface area contributed by atoms with Crippen LogP contribution in [0.3, 0.4) is 0 Å². The van der Waals surface area contributed by atoms with Crippen LogP contribution in [0.4, 0.5) is 0 Å². The fourth-order valence-corrected chi connectivity index (χ4v) is 3.91. The first kappa shape index (κ1) is 22.5. The Morgan fingerprint density at radius 3 is 2.48 bits per heavy atom. The Hall–Kier alpha value is -3.23. The summed E-state index contributed by atoms with van der Waals surface area (Å²) in [7, 11) is 0. The summed E-state index contributed by atoms with van der Waals surface area (Å²) in [4.78, 5) is 34.1. The molecule has 1 atom stereocenters. The van der Waals surface area contributed by atoms with E-state index in [-0.39, 0.29) is 36.9 Å². The largest absolute Gasteiger partial charge is 0.494 e. The Morgan fingerprint density at radius 1 is 1.06 bits per heavy atom. The number of hydrogen-bond acceptors (Lipinski definition) is 6. The van der Waals surface area contributed by atoms with Gasteiger partial charge in [0, 0.05) is 12.8 Å². The lowest BCUT2D eigenvalue weighted by molar-refractivity contribution is -0.137. The van der Waals surface area contributed by atoms with Crippen molar-refractivity contribution in [2.75, 3.05) is 6.61 Å². The fraction of sp³-hybridized carbons (Fsp3) is 0.500. The van der Waals surface area contributed by atoms with Crippen molar-refractivity contribution in [1.29, 1.82) is 0 Å². The highest BCUT2D eigenvalue weighted by Crippen LogP contribution is 2.44. The smallest absolute Gasteiger partial charge is 0.303 e. The number of amides is 2. The van der Waals surface area contributed by atoms with Crippen molar-refractivity contribution in [3.63, 3.8) is 0 Å². The van der Waals surface area contributed by atoms with Crippen LogP contribution in [0.25, 0.3) is 10.8 Å². The Labute approximate surface area is 179 Å². The standard InChI is InChI=1S/C22H28N2O7/c25-17-12-11-15(20(28)23-17)24-21(29)14-8-7-9-16(19(14)22(24)30)31-13-6-4-2-1-3-5-10-18(26)27/h7-9,15,29-30H,1-6,10-13H2,(H,26,27)(H,23,25,28). The first-order chi connectivity index (χ1) is 14.9. The quantitative estimate of drug-likeness (QED) is 0.316. The molecule has 1 saturated heterocycles. The molecule has 1 aromatic carbocycles. The van der Waals surface area contributed by atoms with E-state index in [0.29, 0.717) is 29.5 Å². The normalized spacial score (nSPS) is 16.5. The summed E-state index contributed by atoms with van der Waals surface area (Å²) >= 11 is 0. The van der Waals surface area contributed by atoms with Gasteiger partial charge in [0.05, 0.1) is 17.4 Å². The van der Waals surface area contributed by atoms with Crippen molar-refractivity contribution < 1.29 is 34.4 Å². The minimum atomic E-state index is -0.876. The summed E-state index contributed by atoms with van der Waals surface area (Å²) < 4.78 is 6.99. The fourth-order valence-electron chi connectivity index (χ4n) is 3.91. The van der Waals surface area contributed by atoms with Crippen molar-refractivity contribution in [3.05, 3.63) is 18.2 Å². The molecule has 0 radical (unpaired) electrons. The van der Waals surface area contributed by atoms with Crippen LogP contribution in [0.1, 0.15) is 63.8 Å². The predicted molar refractivity (Wildman–Crippen MR) is 112 cm³/mol. The van der Waals surface area contributed by atoms with Crippen molar-refractivity contribution in [3.8, 4) is 17.5 Å². The lowest BCUT2D eigenvalue weighted by Crippen LogP contribution is -2.41. The molecule has 1 fully saturated rings. The van der Waals surface area contributed by atoms with Gasteiger partial charge in [-0.1, -0.05) is 31.7 Å². The number of rotatable bonds is 11. The molecule has 9 nitrogen and oxygen atoms in total. The molecular formula is C22H28N2O7. The molecule has 31 heavy (non-hydrogen) atoms. The Kier molecular flexibility index (Phi) is 7.38. The van der Waals surface area contributed by atoms with Crippen LogP contribution >= 0.6 is 0 Å². The van der Waals surface area contributed by atoms with Gasteiger partial charge in [-0.05, 0) is 31.4 Å². The van der Waals surface area contributed by atoms with E-state index in [9.17, 15) is 24.6 Å². The molecule has 168 valence electrons. The van der Waals surface area contributed by atoms with Gasteiger partial charge in [-0.3, -0.25) is 24.3 Å². The van der Waals surface area contributed by atoms with Gasteiger partial charge in [0.25, 0.3) is 0 Å². The number of fused-ring (bicyclic) bond motifs is 1. The Bertz CT molecular complexity index is 966. The number of aromatic nitrogens is 1. The average Bonchev–Trinajstić information content (AvgIpc) is 2.98. The lowest BCUT2D eigenvalue weighted by atomic mass is 10.1. The summed E-state index contributed by atoms with van der Waals surface area (Å²) in [5.41, 5.74) is 0. The molecule has 1 aliphatic heterocycles. The molecule has 2 aromatic rings. The summed E-state index contributed by atoms with van der Waals surface area (Å²) in [5, 5.41) is 32.9. The highest BCUT2D eigenvalue weighted by molar-refractivity contribution is 6.02. The van der Waals surface area contributed by atoms with E-state index < -0.39 is 17.9 Å². The Morgan fingerprint density at radius 2 is 1.77 bits per heavy atom. The highest BCUT2D eigenvalue weighted by atomic mass is 16.5. The van der Waals surface area contributed by atoms with Gasteiger partial charge >= 0.3 is 5.97 Å². The van der Waals surface area contributed by atoms with Gasteiger partial charge in [0.15, 0.2) is 0 Å². The molecule has 4 N–H and O–H groups in total. The summed E-state index contributed by atoms with van der Waals surface area (Å²) in [6.07, 6.45) is 5.83. The number of hydrogen-bond donors (Lipinski definition) is 4. The van der Waals surface area contributed by atoms with Crippen LogP contribution in [0.5, 0.6) is 17.5 Å². The first-order valence-corrected chi connectivity index (χ1v) is 10.6. The molecule has 0 aliphatic carbocycles. The molecule has 1 aliphatic rings. The summed E-state index contributed by atoms with van der Waals surface area (Å²) in [6.45, 7) is 0.429. The molecule has 1 unspecified atom stereocenters. The third-order valence-corrected chi connectivity index (χ3v) is 5.51. The lowest BCUT2D eigenvalue weighted by Gasteiger charge is -2.23. The number of piperidine rings is 1. The van der Waals surface area contributed by atoms with Gasteiger partial charge in [-0.2, -0.15) is 0 Å². The number of benzene rings is 1. The maximum Gasteiger partial charge on any atom is 0.303 e. The molecular weight excluding hydrogens is 404 g/mol. The van der Waals surface area contributed by atoms with Crippen molar-refractivity contribution in [2.45, 2.75) is 63.8 Å². The van der Waals surface area contributed by atoms with E-state index in [2.05, 4.69) is 5.32 Å². The highest BCUT2D eigenvalue weighted by Gasteiger charge is 2.33. The molecule has 2 amide bonds. The Balaban J connectivity index is 1.60. The zero-order chi connectivity index (χ0) is 22.4. The zero-order valence-corrected chi connectivity index (χ0v) is 17.3. The number of ether oxygens (including phenoxy) is 1. The van der Waals surface area contributed by atoms with Crippen molar-refractivity contribution in [1.82, 2.24) is 9.88 Å². The number of nitrogens with zero attached hydrogens (tertiary/aromatic N) is 1. The monoisotopic (exact) mass is 432 g/mol. The van der Waals surface area contributed by atoms with Gasteiger partial charge in [-0.25, -0.2) is 0 Å². The number of carboxylic acid groups (broad SMARTS) is 1. The SMILES string of the molecule is O=C(O)CCCCCCCCOc1cccc2c(O)n(C3CCC(=O)NC3=O)c(O)c12. The van der Waals surface area contributed by atoms with Crippen LogP contribution in [-0.4, -0.2) is 44.3 Å². The number of unbranched alkanes of at least 4 members (excludes halogenated alkanes) is 5. The number of carbonyl (C=O) groups excluding carboxylic acids is 2. The first-order valence-electron chi connectivity index (χ1n) is 10.6. The zero-order valence-electron chi connectivity index (χ0n) is 17.3. The van der Waals surface area contributed by atoms with E-state index in [1.807, 2.05) is 0 Å². The number of carboxylic acids is 1. The topological polar surface area (TPSA) is 138 Å². The summed E-state index contributed by atoms with van der Waals surface area (Å²) in [5.74, 6) is -1.79. The third kappa shape index (κ3) is 5.28. The number of carbonyl (C=O) groups is 3. The van der Waals surface area contributed by atoms with E-state index in [4.69, 9.17) is 9.84 Å². The molecule has 0 spiro atoms. The van der Waals surface area contributed by atoms with Crippen molar-refractivity contribution >= 4 is 28.6 Å². The van der Waals surface area contributed by atoms with Gasteiger partial charge in [-0.15, -0.1) is 0 Å². The van der Waals surface area contributed by atoms with Gasteiger partial charge in [0.1, 0.15) is 11.8 Å². The van der Waals surface area contributed by atoms with Crippen LogP contribution in [-0.2, 0) is 14.4 Å². The van der Waals surface area contributed by atoms with E-state index in [1.165, 1.54) is 0 Å². The number of nitrogens with one attached hydrogen (secondary N) is 1. The van der Waals surface area contributed by atoms with E-state index in [0.717, 1.165) is 36.7 Å². The molecule has 2 heterocycles. The minimum Gasteiger partial charge on any atom is -0.494 e. The van der Waals surface area contributed by atoms with Crippen LogP contribution < -0.4 is 10.1 Å².